The van der Waals surface area contributed by atoms with Crippen molar-refractivity contribution >= 4 is 5.91 Å². The van der Waals surface area contributed by atoms with Gasteiger partial charge in [-0.1, -0.05) is 32.9 Å². The monoisotopic (exact) mass is 289 g/mol. The van der Waals surface area contributed by atoms with Crippen molar-refractivity contribution in [1.82, 2.24) is 4.90 Å². The third-order valence-electron chi connectivity index (χ3n) is 4.95. The molecule has 2 saturated heterocycles. The van der Waals surface area contributed by atoms with Crippen molar-refractivity contribution in [2.45, 2.75) is 64.5 Å². The Morgan fingerprint density at radius 1 is 1.10 bits per heavy atom. The van der Waals surface area contributed by atoms with Crippen molar-refractivity contribution < 1.29 is 9.18 Å². The van der Waals surface area contributed by atoms with Crippen LogP contribution in [0.3, 0.4) is 0 Å². The van der Waals surface area contributed by atoms with Crippen molar-refractivity contribution in [2.75, 3.05) is 0 Å². The fourth-order valence-electron chi connectivity index (χ4n) is 3.90. The van der Waals surface area contributed by atoms with Gasteiger partial charge in [0.1, 0.15) is 5.82 Å². The summed E-state index contributed by atoms with van der Waals surface area (Å²) in [6, 6.07) is 7.63. The van der Waals surface area contributed by atoms with Crippen molar-refractivity contribution in [3.05, 3.63) is 35.6 Å². The molecule has 2 bridgehead atoms. The number of carbonyl (C=O) groups excluding carboxylic acids is 1. The molecule has 2 aliphatic rings. The lowest BCUT2D eigenvalue weighted by Crippen LogP contribution is -2.50. The van der Waals surface area contributed by atoms with Gasteiger partial charge in [0.05, 0.1) is 0 Å². The zero-order chi connectivity index (χ0) is 15.2. The van der Waals surface area contributed by atoms with Crippen molar-refractivity contribution in [2.24, 2.45) is 5.41 Å². The Bertz CT molecular complexity index is 517. The lowest BCUT2D eigenvalue weighted by atomic mass is 9.83. The fraction of sp³-hybridized carbons (Fsp3) is 0.611. The predicted molar refractivity (Wildman–Crippen MR) is 81.5 cm³/mol. The van der Waals surface area contributed by atoms with Crippen LogP contribution in [-0.4, -0.2) is 22.9 Å². The largest absolute Gasteiger partial charge is 0.336 e. The number of benzene rings is 1. The number of carbonyl (C=O) groups is 1. The van der Waals surface area contributed by atoms with E-state index in [-0.39, 0.29) is 17.1 Å². The maximum absolute atomic E-state index is 13.1. The van der Waals surface area contributed by atoms with E-state index in [4.69, 9.17) is 0 Å². The summed E-state index contributed by atoms with van der Waals surface area (Å²) in [7, 11) is 0. The van der Waals surface area contributed by atoms with E-state index in [0.717, 1.165) is 25.7 Å². The van der Waals surface area contributed by atoms with Crippen LogP contribution >= 0.6 is 0 Å². The number of hydrogen-bond donors (Lipinski definition) is 0. The van der Waals surface area contributed by atoms with Crippen LogP contribution in [0.5, 0.6) is 0 Å². The average molecular weight is 289 g/mol. The summed E-state index contributed by atoms with van der Waals surface area (Å²) in [5, 5.41) is 0. The number of piperidine rings is 1. The number of rotatable bonds is 1. The Hall–Kier alpha value is -1.38. The first-order chi connectivity index (χ1) is 9.86. The summed E-state index contributed by atoms with van der Waals surface area (Å²) in [5.41, 5.74) is 0.917. The highest BCUT2D eigenvalue weighted by Gasteiger charge is 2.45. The van der Waals surface area contributed by atoms with Crippen LogP contribution in [0.2, 0.25) is 0 Å². The van der Waals surface area contributed by atoms with Crippen LogP contribution in [0.25, 0.3) is 0 Å². The van der Waals surface area contributed by atoms with Crippen LogP contribution in [0.4, 0.5) is 4.39 Å². The molecule has 0 spiro atoms. The predicted octanol–water partition coefficient (Wildman–Crippen LogP) is 4.11. The Kier molecular flexibility index (Phi) is 3.54. The summed E-state index contributed by atoms with van der Waals surface area (Å²) in [6.07, 6.45) is 4.27. The second-order valence-corrected chi connectivity index (χ2v) is 7.57. The van der Waals surface area contributed by atoms with Gasteiger partial charge in [-0.3, -0.25) is 4.79 Å². The molecule has 0 unspecified atom stereocenters. The molecular weight excluding hydrogens is 265 g/mol. The molecule has 0 N–H and O–H groups in total. The van der Waals surface area contributed by atoms with E-state index in [1.807, 2.05) is 32.9 Å². The molecule has 0 aromatic heterocycles. The standard InChI is InChI=1S/C18H24FNO/c1-18(2,3)17(21)20-15-8-9-16(20)11-13(10-15)12-4-6-14(19)7-5-12/h4-7,13,15-16H,8-11H2,1-3H3/t15-,16-/m0/s1. The maximum Gasteiger partial charge on any atom is 0.228 e. The number of hydrogen-bond acceptors (Lipinski definition) is 1. The summed E-state index contributed by atoms with van der Waals surface area (Å²) in [5.74, 6) is 0.571. The van der Waals surface area contributed by atoms with E-state index in [1.54, 1.807) is 12.1 Å². The molecule has 0 radical (unpaired) electrons. The molecule has 0 saturated carbocycles. The van der Waals surface area contributed by atoms with Gasteiger partial charge in [-0.05, 0) is 49.3 Å². The van der Waals surface area contributed by atoms with Gasteiger partial charge in [0.25, 0.3) is 0 Å². The van der Waals surface area contributed by atoms with Gasteiger partial charge < -0.3 is 4.90 Å². The molecule has 1 amide bonds. The molecule has 2 atom stereocenters. The highest BCUT2D eigenvalue weighted by molar-refractivity contribution is 5.82. The van der Waals surface area contributed by atoms with E-state index in [1.165, 1.54) is 5.56 Å². The Morgan fingerprint density at radius 3 is 2.10 bits per heavy atom. The van der Waals surface area contributed by atoms with Crippen LogP contribution in [0.1, 0.15) is 57.9 Å². The number of amides is 1. The minimum atomic E-state index is -0.302. The van der Waals surface area contributed by atoms with Crippen molar-refractivity contribution in [3.8, 4) is 0 Å². The number of nitrogens with zero attached hydrogens (tertiary/aromatic N) is 1. The summed E-state index contributed by atoms with van der Waals surface area (Å²) >= 11 is 0. The number of halogens is 1. The fourth-order valence-corrected chi connectivity index (χ4v) is 3.90. The Morgan fingerprint density at radius 2 is 1.62 bits per heavy atom. The zero-order valence-corrected chi connectivity index (χ0v) is 13.1. The Labute approximate surface area is 126 Å². The quantitative estimate of drug-likeness (QED) is 0.762. The van der Waals surface area contributed by atoms with Crippen LogP contribution in [0.15, 0.2) is 24.3 Å². The average Bonchev–Trinajstić information content (AvgIpc) is 2.67. The normalized spacial score (nSPS) is 28.8. The van der Waals surface area contributed by atoms with Crippen molar-refractivity contribution in [1.29, 1.82) is 0 Å². The molecule has 2 nitrogen and oxygen atoms in total. The van der Waals surface area contributed by atoms with Gasteiger partial charge in [0.15, 0.2) is 0 Å². The third-order valence-corrected chi connectivity index (χ3v) is 4.95. The maximum atomic E-state index is 13.1. The lowest BCUT2D eigenvalue weighted by Gasteiger charge is -2.42. The first-order valence-electron chi connectivity index (χ1n) is 7.94. The molecule has 2 heterocycles. The number of fused-ring (bicyclic) bond motifs is 2. The van der Waals surface area contributed by atoms with Gasteiger partial charge in [-0.25, -0.2) is 4.39 Å². The topological polar surface area (TPSA) is 20.3 Å². The van der Waals surface area contributed by atoms with E-state index in [0.29, 0.717) is 18.0 Å². The lowest BCUT2D eigenvalue weighted by molar-refractivity contribution is -0.144. The summed E-state index contributed by atoms with van der Waals surface area (Å²) in [6.45, 7) is 6.00. The van der Waals surface area contributed by atoms with Gasteiger partial charge in [-0.15, -0.1) is 0 Å². The van der Waals surface area contributed by atoms with E-state index >= 15 is 0 Å². The van der Waals surface area contributed by atoms with Gasteiger partial charge in [0, 0.05) is 17.5 Å². The second kappa shape index (κ2) is 5.11. The van der Waals surface area contributed by atoms with E-state index < -0.39 is 0 Å². The second-order valence-electron chi connectivity index (χ2n) is 7.57. The van der Waals surface area contributed by atoms with Crippen LogP contribution in [0, 0.1) is 11.2 Å². The SMILES string of the molecule is CC(C)(C)C(=O)N1[C@H]2CC[C@H]1CC(c1ccc(F)cc1)C2. The highest BCUT2D eigenvalue weighted by Crippen LogP contribution is 2.44. The van der Waals surface area contributed by atoms with Crippen molar-refractivity contribution in [3.63, 3.8) is 0 Å². The zero-order valence-electron chi connectivity index (χ0n) is 13.1. The van der Waals surface area contributed by atoms with Crippen LogP contribution in [-0.2, 0) is 4.79 Å². The van der Waals surface area contributed by atoms with Gasteiger partial charge >= 0.3 is 0 Å². The Balaban J connectivity index is 1.78. The molecule has 2 fully saturated rings. The molecule has 2 aliphatic heterocycles. The minimum Gasteiger partial charge on any atom is -0.336 e. The molecule has 3 heteroatoms. The molecule has 1 aromatic carbocycles. The molecule has 3 rings (SSSR count). The first kappa shape index (κ1) is 14.6. The molecule has 21 heavy (non-hydrogen) atoms. The smallest absolute Gasteiger partial charge is 0.228 e. The van der Waals surface area contributed by atoms with E-state index in [9.17, 15) is 9.18 Å². The van der Waals surface area contributed by atoms with Gasteiger partial charge in [0.2, 0.25) is 5.91 Å². The molecule has 1 aromatic rings. The molecular formula is C18H24FNO. The highest BCUT2D eigenvalue weighted by atomic mass is 19.1. The van der Waals surface area contributed by atoms with Gasteiger partial charge in [-0.2, -0.15) is 0 Å². The molecule has 114 valence electrons. The molecule has 0 aliphatic carbocycles. The summed E-state index contributed by atoms with van der Waals surface area (Å²) < 4.78 is 13.1. The summed E-state index contributed by atoms with van der Waals surface area (Å²) in [4.78, 5) is 14.8. The third kappa shape index (κ3) is 2.70. The minimum absolute atomic E-state index is 0.179. The van der Waals surface area contributed by atoms with E-state index in [2.05, 4.69) is 4.90 Å². The van der Waals surface area contributed by atoms with Crippen LogP contribution < -0.4 is 0 Å². The first-order valence-corrected chi connectivity index (χ1v) is 7.94.